The maximum atomic E-state index is 12.9. The minimum atomic E-state index is -0.110. The van der Waals surface area contributed by atoms with Crippen molar-refractivity contribution in [1.82, 2.24) is 9.88 Å². The van der Waals surface area contributed by atoms with E-state index in [0.29, 0.717) is 12.2 Å². The largest absolute Gasteiger partial charge is 0.496 e. The zero-order chi connectivity index (χ0) is 25.1. The fraction of sp³-hybridized carbons (Fsp3) is 0.233. The van der Waals surface area contributed by atoms with E-state index in [1.807, 2.05) is 72.8 Å². The summed E-state index contributed by atoms with van der Waals surface area (Å²) in [6.07, 6.45) is 1.91. The Hall–Kier alpha value is -4.03. The molecule has 5 rings (SSSR count). The highest BCUT2D eigenvalue weighted by atomic mass is 16.5. The van der Waals surface area contributed by atoms with E-state index in [-0.39, 0.29) is 5.91 Å². The molecule has 6 heteroatoms. The number of H-pyrrole nitrogens is 1. The normalized spacial score (nSPS) is 13.9. The molecule has 0 unspecified atom stereocenters. The van der Waals surface area contributed by atoms with Crippen molar-refractivity contribution in [3.05, 3.63) is 78.0 Å². The van der Waals surface area contributed by atoms with Crippen LogP contribution in [-0.2, 0) is 4.79 Å². The molecule has 1 aromatic heterocycles. The van der Waals surface area contributed by atoms with Crippen molar-refractivity contribution >= 4 is 34.1 Å². The fourth-order valence-corrected chi connectivity index (χ4v) is 4.68. The molecule has 0 radical (unpaired) electrons. The van der Waals surface area contributed by atoms with Gasteiger partial charge >= 0.3 is 0 Å². The molecule has 0 bridgehead atoms. The molecule has 1 amide bonds. The van der Waals surface area contributed by atoms with Crippen molar-refractivity contribution in [2.24, 2.45) is 0 Å². The number of nitrogens with zero attached hydrogens (tertiary/aromatic N) is 1. The Kier molecular flexibility index (Phi) is 6.78. The van der Waals surface area contributed by atoms with Gasteiger partial charge in [-0.3, -0.25) is 4.79 Å². The quantitative estimate of drug-likeness (QED) is 0.285. The van der Waals surface area contributed by atoms with E-state index in [1.54, 1.807) is 7.11 Å². The third kappa shape index (κ3) is 4.72. The maximum absolute atomic E-state index is 12.9. The molecule has 0 atom stereocenters. The highest BCUT2D eigenvalue weighted by Crippen LogP contribution is 2.38. The van der Waals surface area contributed by atoms with Crippen LogP contribution in [0.3, 0.4) is 0 Å². The highest BCUT2D eigenvalue weighted by molar-refractivity contribution is 6.35. The van der Waals surface area contributed by atoms with Gasteiger partial charge in [0.15, 0.2) is 0 Å². The number of carbonyl (C=O) groups excluding carboxylic acids is 1. The van der Waals surface area contributed by atoms with Crippen LogP contribution in [0.15, 0.2) is 66.7 Å². The third-order valence-electron chi connectivity index (χ3n) is 6.70. The maximum Gasteiger partial charge on any atom is 0.256 e. The van der Waals surface area contributed by atoms with Crippen molar-refractivity contribution in [2.45, 2.75) is 13.8 Å². The monoisotopic (exact) mass is 481 g/mol. The van der Waals surface area contributed by atoms with Gasteiger partial charge in [-0.1, -0.05) is 44.2 Å². The van der Waals surface area contributed by atoms with Crippen LogP contribution in [0, 0.1) is 0 Å². The second kappa shape index (κ2) is 10.3. The van der Waals surface area contributed by atoms with Gasteiger partial charge in [-0.15, -0.1) is 0 Å². The van der Waals surface area contributed by atoms with Gasteiger partial charge < -0.3 is 24.7 Å². The minimum absolute atomic E-state index is 0.110. The van der Waals surface area contributed by atoms with Crippen molar-refractivity contribution in [3.8, 4) is 22.6 Å². The molecule has 0 saturated heterocycles. The Morgan fingerprint density at radius 3 is 2.58 bits per heavy atom. The number of likely N-dealkylation sites (N-methyl/N-ethyl adjacent to an activating group) is 1. The smallest absolute Gasteiger partial charge is 0.256 e. The van der Waals surface area contributed by atoms with Gasteiger partial charge in [-0.2, -0.15) is 0 Å². The van der Waals surface area contributed by atoms with E-state index in [2.05, 4.69) is 29.0 Å². The number of methoxy groups -OCH3 is 1. The summed E-state index contributed by atoms with van der Waals surface area (Å²) in [6.45, 7) is 7.92. The molecule has 1 aliphatic rings. The molecule has 0 saturated carbocycles. The van der Waals surface area contributed by atoms with Crippen LogP contribution < -0.4 is 14.8 Å². The number of hydrogen-bond acceptors (Lipinski definition) is 4. The molecule has 36 heavy (non-hydrogen) atoms. The first-order valence-corrected chi connectivity index (χ1v) is 12.4. The number of ether oxygens (including phenoxy) is 2. The number of nitrogens with one attached hydrogen (secondary N) is 2. The van der Waals surface area contributed by atoms with Gasteiger partial charge in [0.05, 0.1) is 12.7 Å². The molecule has 2 heterocycles. The number of fused-ring (bicyclic) bond motifs is 2. The second-order valence-corrected chi connectivity index (χ2v) is 8.82. The van der Waals surface area contributed by atoms with Gasteiger partial charge in [0.25, 0.3) is 5.91 Å². The summed E-state index contributed by atoms with van der Waals surface area (Å²) in [7, 11) is 1.66. The lowest BCUT2D eigenvalue weighted by Gasteiger charge is -2.17. The van der Waals surface area contributed by atoms with Crippen LogP contribution in [0.5, 0.6) is 11.5 Å². The summed E-state index contributed by atoms with van der Waals surface area (Å²) < 4.78 is 11.5. The topological polar surface area (TPSA) is 66.6 Å². The highest BCUT2D eigenvalue weighted by Gasteiger charge is 2.25. The summed E-state index contributed by atoms with van der Waals surface area (Å²) in [6, 6.07) is 22.0. The van der Waals surface area contributed by atoms with Crippen LogP contribution in [0.2, 0.25) is 0 Å². The lowest BCUT2D eigenvalue weighted by molar-refractivity contribution is -0.110. The molecule has 6 nitrogen and oxygen atoms in total. The number of aromatic amines is 1. The Morgan fingerprint density at radius 2 is 1.78 bits per heavy atom. The van der Waals surface area contributed by atoms with Crippen molar-refractivity contribution in [2.75, 3.05) is 38.7 Å². The van der Waals surface area contributed by atoms with E-state index in [4.69, 9.17) is 9.47 Å². The van der Waals surface area contributed by atoms with Gasteiger partial charge in [0, 0.05) is 40.0 Å². The van der Waals surface area contributed by atoms with Gasteiger partial charge in [0.2, 0.25) is 0 Å². The Bertz CT molecular complexity index is 1430. The van der Waals surface area contributed by atoms with Crippen LogP contribution in [0.25, 0.3) is 33.7 Å². The number of benzene rings is 3. The van der Waals surface area contributed by atoms with Gasteiger partial charge in [0.1, 0.15) is 18.1 Å². The number of amides is 1. The predicted octanol–water partition coefficient (Wildman–Crippen LogP) is 6.06. The molecular formula is C30H31N3O3. The summed E-state index contributed by atoms with van der Waals surface area (Å²) >= 11 is 0. The number of para-hydroxylation sites is 1. The average Bonchev–Trinajstić information content (AvgIpc) is 3.45. The molecule has 4 aromatic rings. The molecule has 0 aliphatic carbocycles. The summed E-state index contributed by atoms with van der Waals surface area (Å²) in [5, 5.41) is 4.06. The first-order chi connectivity index (χ1) is 17.6. The van der Waals surface area contributed by atoms with Crippen LogP contribution in [0.1, 0.15) is 25.1 Å². The van der Waals surface area contributed by atoms with E-state index in [0.717, 1.165) is 70.1 Å². The second-order valence-electron chi connectivity index (χ2n) is 8.82. The molecule has 1 aliphatic heterocycles. The first-order valence-electron chi connectivity index (χ1n) is 12.4. The predicted molar refractivity (Wildman–Crippen MR) is 147 cm³/mol. The summed E-state index contributed by atoms with van der Waals surface area (Å²) in [5.41, 5.74) is 6.18. The Labute approximate surface area is 211 Å². The van der Waals surface area contributed by atoms with Crippen LogP contribution in [-0.4, -0.2) is 49.1 Å². The first kappa shape index (κ1) is 23.7. The average molecular weight is 482 g/mol. The van der Waals surface area contributed by atoms with E-state index >= 15 is 0 Å². The number of carbonyl (C=O) groups is 1. The molecule has 3 aromatic carbocycles. The molecule has 0 spiro atoms. The number of hydrogen-bond donors (Lipinski definition) is 2. The van der Waals surface area contributed by atoms with Crippen molar-refractivity contribution < 1.29 is 14.3 Å². The SMILES string of the molecule is CCN(CC)CCOc1ccc2[nH]c(/C=C3/C(=O)Nc4cc(-c5ccccc5OC)ccc43)cc2c1. The lowest BCUT2D eigenvalue weighted by Crippen LogP contribution is -2.27. The number of anilines is 1. The molecular weight excluding hydrogens is 450 g/mol. The van der Waals surface area contributed by atoms with Gasteiger partial charge in [-0.05, 0) is 61.1 Å². The van der Waals surface area contributed by atoms with Crippen LogP contribution >= 0.6 is 0 Å². The third-order valence-corrected chi connectivity index (χ3v) is 6.70. The summed E-state index contributed by atoms with van der Waals surface area (Å²) in [5.74, 6) is 1.54. The van der Waals surface area contributed by atoms with Crippen LogP contribution in [0.4, 0.5) is 5.69 Å². The Balaban J connectivity index is 1.38. The molecule has 2 N–H and O–H groups in total. The summed E-state index contributed by atoms with van der Waals surface area (Å²) in [4.78, 5) is 18.6. The van der Waals surface area contributed by atoms with E-state index in [9.17, 15) is 4.79 Å². The van der Waals surface area contributed by atoms with E-state index < -0.39 is 0 Å². The zero-order valence-electron chi connectivity index (χ0n) is 20.9. The fourth-order valence-electron chi connectivity index (χ4n) is 4.68. The van der Waals surface area contributed by atoms with E-state index in [1.165, 1.54) is 0 Å². The Morgan fingerprint density at radius 1 is 0.944 bits per heavy atom. The number of aromatic nitrogens is 1. The van der Waals surface area contributed by atoms with Crippen molar-refractivity contribution in [3.63, 3.8) is 0 Å². The molecule has 184 valence electrons. The number of rotatable bonds is 9. The minimum Gasteiger partial charge on any atom is -0.496 e. The lowest BCUT2D eigenvalue weighted by atomic mass is 9.99. The van der Waals surface area contributed by atoms with Gasteiger partial charge in [-0.25, -0.2) is 0 Å². The van der Waals surface area contributed by atoms with Crippen molar-refractivity contribution in [1.29, 1.82) is 0 Å². The molecule has 0 fully saturated rings. The standard InChI is InChI=1S/C30H31N3O3/c1-4-33(5-2)14-15-36-23-11-13-27-21(17-23)16-22(31-27)19-26-25-12-10-20(18-28(25)32-30(26)34)24-8-6-7-9-29(24)35-3/h6-13,16-19,31H,4-5,14-15H2,1-3H3,(H,32,34)/b26-19+. The zero-order valence-corrected chi connectivity index (χ0v) is 20.9.